The molecule has 1 aromatic heterocycles. The van der Waals surface area contributed by atoms with Gasteiger partial charge >= 0.3 is 6.18 Å². The van der Waals surface area contributed by atoms with E-state index >= 15 is 0 Å². The predicted octanol–water partition coefficient (Wildman–Crippen LogP) is 1.85. The van der Waals surface area contributed by atoms with Gasteiger partial charge < -0.3 is 42.2 Å². The second kappa shape index (κ2) is 22.1. The van der Waals surface area contributed by atoms with Gasteiger partial charge in [-0.25, -0.2) is 0 Å². The van der Waals surface area contributed by atoms with E-state index in [9.17, 15) is 32.3 Å². The molecular formula is C32H44F3N7O5. The fourth-order valence-electron chi connectivity index (χ4n) is 4.04. The Morgan fingerprint density at radius 3 is 2.21 bits per heavy atom. The molecule has 3 rings (SSSR count). The summed E-state index contributed by atoms with van der Waals surface area (Å²) < 4.78 is 37.6. The summed E-state index contributed by atoms with van der Waals surface area (Å²) in [6, 6.07) is 12.7. The summed E-state index contributed by atoms with van der Waals surface area (Å²) in [6.07, 6.45) is -1.78. The number of alkyl halides is 3. The lowest BCUT2D eigenvalue weighted by molar-refractivity contribution is -0.137. The number of benzene rings is 2. The van der Waals surface area contributed by atoms with Crippen LogP contribution in [0.4, 0.5) is 18.9 Å². The first-order valence-corrected chi connectivity index (χ1v) is 14.8. The number of anilines is 1. The number of hydrogen-bond donors (Lipinski definition) is 6. The maximum atomic E-state index is 12.5. The van der Waals surface area contributed by atoms with Crippen LogP contribution in [0.25, 0.3) is 10.9 Å². The normalized spacial score (nSPS) is 12.0. The lowest BCUT2D eigenvalue weighted by atomic mass is 10.0. The molecule has 0 aliphatic heterocycles. The van der Waals surface area contributed by atoms with E-state index in [1.807, 2.05) is 37.4 Å². The van der Waals surface area contributed by atoms with Gasteiger partial charge in [0.2, 0.25) is 18.2 Å². The van der Waals surface area contributed by atoms with Gasteiger partial charge in [0.15, 0.2) is 0 Å². The molecule has 258 valence electrons. The highest BCUT2D eigenvalue weighted by molar-refractivity contribution is 5.89. The summed E-state index contributed by atoms with van der Waals surface area (Å²) in [7, 11) is 2.01. The Bertz CT molecular complexity index is 1370. The van der Waals surface area contributed by atoms with Crippen LogP contribution in [0, 0.1) is 0 Å². The molecule has 2 unspecified atom stereocenters. The Morgan fingerprint density at radius 1 is 1.02 bits per heavy atom. The molecule has 8 N–H and O–H groups in total. The molecule has 0 aliphatic carbocycles. The van der Waals surface area contributed by atoms with Crippen molar-refractivity contribution in [3.05, 3.63) is 71.9 Å². The van der Waals surface area contributed by atoms with E-state index in [2.05, 4.69) is 25.8 Å². The van der Waals surface area contributed by atoms with E-state index in [0.717, 1.165) is 49.2 Å². The first-order valence-electron chi connectivity index (χ1n) is 14.8. The van der Waals surface area contributed by atoms with Crippen molar-refractivity contribution in [2.75, 3.05) is 45.2 Å². The number of aldehydes is 1. The van der Waals surface area contributed by atoms with Gasteiger partial charge in [-0.1, -0.05) is 30.3 Å². The number of rotatable bonds is 15. The van der Waals surface area contributed by atoms with Crippen LogP contribution in [0.5, 0.6) is 0 Å². The van der Waals surface area contributed by atoms with Gasteiger partial charge in [0.05, 0.1) is 29.6 Å². The lowest BCUT2D eigenvalue weighted by Gasteiger charge is -2.20. The summed E-state index contributed by atoms with van der Waals surface area (Å²) in [5.41, 5.74) is 12.0. The lowest BCUT2D eigenvalue weighted by Crippen LogP contribution is -2.49. The molecule has 47 heavy (non-hydrogen) atoms. The van der Waals surface area contributed by atoms with Crippen LogP contribution in [0.3, 0.4) is 0 Å². The second-order valence-corrected chi connectivity index (χ2v) is 10.4. The highest BCUT2D eigenvalue weighted by Gasteiger charge is 2.30. The first-order chi connectivity index (χ1) is 22.4. The third-order valence-corrected chi connectivity index (χ3v) is 6.37. The van der Waals surface area contributed by atoms with Crippen molar-refractivity contribution >= 4 is 41.1 Å². The fourth-order valence-corrected chi connectivity index (χ4v) is 4.04. The Labute approximate surface area is 272 Å². The van der Waals surface area contributed by atoms with Crippen molar-refractivity contribution in [3.8, 4) is 0 Å². The maximum Gasteiger partial charge on any atom is 0.416 e. The molecule has 0 aliphatic rings. The van der Waals surface area contributed by atoms with E-state index in [1.54, 1.807) is 13.1 Å². The number of aromatic nitrogens is 1. The molecular weight excluding hydrogens is 619 g/mol. The molecule has 15 heteroatoms. The van der Waals surface area contributed by atoms with Crippen LogP contribution in [0.1, 0.15) is 30.9 Å². The van der Waals surface area contributed by atoms with Crippen molar-refractivity contribution in [1.29, 1.82) is 0 Å². The van der Waals surface area contributed by atoms with Gasteiger partial charge in [-0.3, -0.25) is 19.4 Å². The number of aliphatic hydroxyl groups is 1. The number of nitrogens with two attached hydrogens (primary N) is 2. The van der Waals surface area contributed by atoms with Crippen LogP contribution in [-0.4, -0.2) is 91.4 Å². The van der Waals surface area contributed by atoms with E-state index in [1.165, 1.54) is 12.1 Å². The Morgan fingerprint density at radius 2 is 1.66 bits per heavy atom. The van der Waals surface area contributed by atoms with Crippen LogP contribution in [0.2, 0.25) is 0 Å². The summed E-state index contributed by atoms with van der Waals surface area (Å²) >= 11 is 0. The molecule has 0 spiro atoms. The molecule has 0 fully saturated rings. The Balaban J connectivity index is 0.000000430. The number of nitrogens with one attached hydrogen (secondary N) is 3. The van der Waals surface area contributed by atoms with Gasteiger partial charge in [0.25, 0.3) is 0 Å². The number of para-hydroxylation sites is 1. The molecule has 12 nitrogen and oxygen atoms in total. The summed E-state index contributed by atoms with van der Waals surface area (Å²) in [5, 5.41) is 17.2. The molecule has 2 aromatic carbocycles. The van der Waals surface area contributed by atoms with Crippen molar-refractivity contribution < 1.29 is 37.5 Å². The quantitative estimate of drug-likeness (QED) is 0.132. The SMILES string of the molecule is CC(Cc1ccc(C(F)(F)F)cc1)NC(=O)C(CC=O)NC(=O)CCO.CN(CCN)CCN.O=CNc1cnc2ccccc2c1. The number of likely N-dealkylation sites (N-methyl/N-ethyl adjacent to an activating group) is 1. The largest absolute Gasteiger partial charge is 0.416 e. The number of carbonyl (C=O) groups excluding carboxylic acids is 4. The molecule has 0 bridgehead atoms. The van der Waals surface area contributed by atoms with Gasteiger partial charge in [0.1, 0.15) is 12.3 Å². The van der Waals surface area contributed by atoms with Gasteiger partial charge in [-0.05, 0) is 50.2 Å². The number of amides is 3. The summed E-state index contributed by atoms with van der Waals surface area (Å²) in [4.78, 5) is 50.8. The van der Waals surface area contributed by atoms with Crippen molar-refractivity contribution in [2.45, 2.75) is 44.4 Å². The third-order valence-electron chi connectivity index (χ3n) is 6.37. The zero-order chi connectivity index (χ0) is 35.2. The molecule has 1 heterocycles. The first kappa shape index (κ1) is 40.6. The van der Waals surface area contributed by atoms with E-state index in [0.29, 0.717) is 23.9 Å². The summed E-state index contributed by atoms with van der Waals surface area (Å²) in [6.45, 7) is 4.59. The van der Waals surface area contributed by atoms with Crippen LogP contribution in [0.15, 0.2) is 60.8 Å². The monoisotopic (exact) mass is 663 g/mol. The number of fused-ring (bicyclic) bond motifs is 1. The molecule has 2 atom stereocenters. The second-order valence-electron chi connectivity index (χ2n) is 10.4. The Hall–Kier alpha value is -4.44. The number of pyridine rings is 1. The minimum Gasteiger partial charge on any atom is -0.396 e. The number of halogens is 3. The minimum absolute atomic E-state index is 0.191. The Kier molecular flexibility index (Phi) is 19.1. The van der Waals surface area contributed by atoms with Crippen LogP contribution in [-0.2, 0) is 31.8 Å². The maximum absolute atomic E-state index is 12.5. The number of hydrogen-bond acceptors (Lipinski definition) is 9. The topological polar surface area (TPSA) is 193 Å². The average Bonchev–Trinajstić information content (AvgIpc) is 3.02. The number of carbonyl (C=O) groups is 4. The average molecular weight is 664 g/mol. The zero-order valence-corrected chi connectivity index (χ0v) is 26.5. The van der Waals surface area contributed by atoms with Crippen molar-refractivity contribution in [1.82, 2.24) is 20.5 Å². The number of nitrogens with zero attached hydrogens (tertiary/aromatic N) is 2. The van der Waals surface area contributed by atoms with Crippen LogP contribution < -0.4 is 27.4 Å². The standard InChI is InChI=1S/C17H21F3N2O4.C10H8N2O.C5H15N3/c1-11(10-12-2-4-13(5-3-12)17(18,19)20)21-16(26)14(6-8-23)22-15(25)7-9-24;13-7-12-9-5-8-3-1-2-4-10(8)11-6-9;1-8(4-2-6)5-3-7/h2-5,8,11,14,24H,6-7,9-10H2,1H3,(H,21,26)(H,22,25);1-7H,(H,12,13);2-7H2,1H3. The van der Waals surface area contributed by atoms with Crippen LogP contribution >= 0.6 is 0 Å². The van der Waals surface area contributed by atoms with E-state index < -0.39 is 35.6 Å². The van der Waals surface area contributed by atoms with E-state index in [-0.39, 0.29) is 25.9 Å². The summed E-state index contributed by atoms with van der Waals surface area (Å²) in [5.74, 6) is -1.15. The smallest absolute Gasteiger partial charge is 0.396 e. The highest BCUT2D eigenvalue weighted by Crippen LogP contribution is 2.29. The van der Waals surface area contributed by atoms with Gasteiger partial charge in [-0.15, -0.1) is 0 Å². The van der Waals surface area contributed by atoms with Crippen molar-refractivity contribution in [2.24, 2.45) is 11.5 Å². The molecule has 3 aromatic rings. The van der Waals surface area contributed by atoms with Crippen molar-refractivity contribution in [3.63, 3.8) is 0 Å². The number of aliphatic hydroxyl groups excluding tert-OH is 1. The minimum atomic E-state index is -4.41. The van der Waals surface area contributed by atoms with E-state index in [4.69, 9.17) is 16.6 Å². The highest BCUT2D eigenvalue weighted by atomic mass is 19.4. The molecule has 0 radical (unpaired) electrons. The van der Waals surface area contributed by atoms with Gasteiger partial charge in [0, 0.05) is 50.4 Å². The van der Waals surface area contributed by atoms with Gasteiger partial charge in [-0.2, -0.15) is 13.2 Å². The molecule has 3 amide bonds. The molecule has 0 saturated carbocycles. The predicted molar refractivity (Wildman–Crippen MR) is 174 cm³/mol. The zero-order valence-electron chi connectivity index (χ0n) is 26.5. The molecule has 0 saturated heterocycles. The third kappa shape index (κ3) is 16.6. The fraction of sp³-hybridized carbons (Fsp3) is 0.406.